The van der Waals surface area contributed by atoms with Crippen molar-refractivity contribution in [1.29, 1.82) is 0 Å². The van der Waals surface area contributed by atoms with Crippen molar-refractivity contribution in [1.82, 2.24) is 9.88 Å². The molecule has 0 saturated carbocycles. The number of rotatable bonds is 2. The van der Waals surface area contributed by atoms with Crippen molar-refractivity contribution in [2.75, 3.05) is 12.4 Å². The van der Waals surface area contributed by atoms with E-state index in [-0.39, 0.29) is 34.3 Å². The molecule has 2 aromatic rings. The molecule has 2 bridgehead atoms. The van der Waals surface area contributed by atoms with Gasteiger partial charge in [-0.15, -0.1) is 0 Å². The second kappa shape index (κ2) is 6.74. The van der Waals surface area contributed by atoms with Crippen LogP contribution < -0.4 is 10.9 Å². The molecule has 2 aliphatic rings. The molecule has 0 radical (unpaired) electrons. The van der Waals surface area contributed by atoms with E-state index in [1.165, 1.54) is 13.2 Å². The molecule has 0 spiro atoms. The zero-order valence-electron chi connectivity index (χ0n) is 14.6. The Kier molecular flexibility index (Phi) is 4.39. The topological polar surface area (TPSA) is 91.5 Å². The summed E-state index contributed by atoms with van der Waals surface area (Å²) in [5.74, 6) is -0.563. The van der Waals surface area contributed by atoms with Gasteiger partial charge >= 0.3 is 12.0 Å². The van der Waals surface area contributed by atoms with Crippen molar-refractivity contribution in [3.63, 3.8) is 0 Å². The van der Waals surface area contributed by atoms with Crippen molar-refractivity contribution in [2.45, 2.75) is 31.3 Å². The maximum absolute atomic E-state index is 12.9. The van der Waals surface area contributed by atoms with Gasteiger partial charge in [-0.1, -0.05) is 11.6 Å². The number of carbonyl (C=O) groups is 2. The lowest BCUT2D eigenvalue weighted by Crippen LogP contribution is -2.44. The third-order valence-corrected chi connectivity index (χ3v) is 5.55. The Hall–Kier alpha value is -2.80. The number of nitrogens with zero attached hydrogens (tertiary/aromatic N) is 1. The molecule has 140 valence electrons. The molecule has 1 fully saturated rings. The van der Waals surface area contributed by atoms with Gasteiger partial charge in [0.25, 0.3) is 0 Å². The number of aromatic nitrogens is 1. The first-order valence-electron chi connectivity index (χ1n) is 8.66. The minimum atomic E-state index is -0.563. The van der Waals surface area contributed by atoms with Crippen LogP contribution in [0.3, 0.4) is 0 Å². The molecule has 4 rings (SSSR count). The number of halogens is 1. The number of H-pyrrole nitrogens is 1. The first-order chi connectivity index (χ1) is 13.0. The molecule has 0 aliphatic carbocycles. The van der Waals surface area contributed by atoms with E-state index in [2.05, 4.69) is 10.3 Å². The van der Waals surface area contributed by atoms with E-state index in [1.54, 1.807) is 24.4 Å². The van der Waals surface area contributed by atoms with Gasteiger partial charge < -0.3 is 19.9 Å². The summed E-state index contributed by atoms with van der Waals surface area (Å²) in [6, 6.07) is 6.07. The fourth-order valence-electron chi connectivity index (χ4n) is 4.02. The lowest BCUT2D eigenvalue weighted by atomic mass is 9.95. The van der Waals surface area contributed by atoms with Gasteiger partial charge in [0.15, 0.2) is 0 Å². The highest BCUT2D eigenvalue weighted by atomic mass is 35.5. The maximum atomic E-state index is 12.9. The van der Waals surface area contributed by atoms with Crippen LogP contribution >= 0.6 is 11.6 Å². The number of pyridine rings is 1. The number of ether oxygens (including phenoxy) is 1. The van der Waals surface area contributed by atoms with Gasteiger partial charge in [-0.25, -0.2) is 9.59 Å². The van der Waals surface area contributed by atoms with Crippen LogP contribution in [0.2, 0.25) is 5.02 Å². The number of amides is 2. The molecule has 8 heteroatoms. The second-order valence-electron chi connectivity index (χ2n) is 6.75. The fourth-order valence-corrected chi connectivity index (χ4v) is 4.21. The van der Waals surface area contributed by atoms with Gasteiger partial charge in [0.1, 0.15) is 0 Å². The number of anilines is 1. The average Bonchev–Trinajstić information content (AvgIpc) is 2.97. The van der Waals surface area contributed by atoms with Crippen LogP contribution in [-0.4, -0.2) is 35.0 Å². The number of nitrogens with one attached hydrogen (secondary N) is 2. The molecular weight excluding hydrogens is 370 g/mol. The molecule has 2 atom stereocenters. The quantitative estimate of drug-likeness (QED) is 0.774. The SMILES string of the molecule is COC(=O)c1cc(NC(=O)N2C3CCC2c2c[nH]c(=O)cc2C3)ccc1Cl. The monoisotopic (exact) mass is 387 g/mol. The first kappa shape index (κ1) is 17.6. The first-order valence-corrected chi connectivity index (χ1v) is 9.04. The van der Waals surface area contributed by atoms with Crippen LogP contribution in [0, 0.1) is 0 Å². The summed E-state index contributed by atoms with van der Waals surface area (Å²) >= 11 is 6.03. The summed E-state index contributed by atoms with van der Waals surface area (Å²) in [7, 11) is 1.27. The molecular formula is C19H18ClN3O4. The molecule has 2 amide bonds. The third-order valence-electron chi connectivity index (χ3n) is 5.22. The Balaban J connectivity index is 1.59. The van der Waals surface area contributed by atoms with E-state index < -0.39 is 5.97 Å². The Morgan fingerprint density at radius 2 is 2.11 bits per heavy atom. The lowest BCUT2D eigenvalue weighted by molar-refractivity contribution is 0.0601. The number of urea groups is 1. The normalized spacial score (nSPS) is 20.1. The van der Waals surface area contributed by atoms with Crippen LogP contribution in [0.1, 0.15) is 40.4 Å². The predicted molar refractivity (Wildman–Crippen MR) is 100 cm³/mol. The summed E-state index contributed by atoms with van der Waals surface area (Å²) in [5, 5.41) is 3.11. The van der Waals surface area contributed by atoms with Gasteiger partial charge in [-0.3, -0.25) is 4.79 Å². The van der Waals surface area contributed by atoms with Crippen molar-refractivity contribution < 1.29 is 14.3 Å². The van der Waals surface area contributed by atoms with E-state index in [4.69, 9.17) is 16.3 Å². The van der Waals surface area contributed by atoms with Gasteiger partial charge in [-0.2, -0.15) is 0 Å². The zero-order valence-corrected chi connectivity index (χ0v) is 15.4. The van der Waals surface area contributed by atoms with Gasteiger partial charge in [0.2, 0.25) is 5.56 Å². The van der Waals surface area contributed by atoms with Gasteiger partial charge in [-0.05, 0) is 48.6 Å². The average molecular weight is 388 g/mol. The van der Waals surface area contributed by atoms with Crippen LogP contribution in [0.25, 0.3) is 0 Å². The lowest BCUT2D eigenvalue weighted by Gasteiger charge is -2.36. The van der Waals surface area contributed by atoms with E-state index in [9.17, 15) is 14.4 Å². The van der Waals surface area contributed by atoms with Crippen molar-refractivity contribution in [2.24, 2.45) is 0 Å². The van der Waals surface area contributed by atoms with Crippen LogP contribution in [-0.2, 0) is 11.2 Å². The number of carbonyl (C=O) groups excluding carboxylic acids is 2. The number of methoxy groups -OCH3 is 1. The molecule has 7 nitrogen and oxygen atoms in total. The molecule has 2 unspecified atom stereocenters. The van der Waals surface area contributed by atoms with Crippen molar-refractivity contribution in [3.8, 4) is 0 Å². The highest BCUT2D eigenvalue weighted by molar-refractivity contribution is 6.33. The van der Waals surface area contributed by atoms with E-state index in [0.717, 1.165) is 24.0 Å². The van der Waals surface area contributed by atoms with Gasteiger partial charge in [0.05, 0.1) is 23.7 Å². The number of benzene rings is 1. The largest absolute Gasteiger partial charge is 0.465 e. The molecule has 2 N–H and O–H groups in total. The molecule has 27 heavy (non-hydrogen) atoms. The smallest absolute Gasteiger partial charge is 0.339 e. The number of esters is 1. The van der Waals surface area contributed by atoms with E-state index >= 15 is 0 Å². The summed E-state index contributed by atoms with van der Waals surface area (Å²) in [4.78, 5) is 40.8. The van der Waals surface area contributed by atoms with E-state index in [1.807, 2.05) is 4.90 Å². The minimum absolute atomic E-state index is 0.0525. The Morgan fingerprint density at radius 1 is 1.30 bits per heavy atom. The predicted octanol–water partition coefficient (Wildman–Crippen LogP) is 3.11. The Bertz CT molecular complexity index is 987. The maximum Gasteiger partial charge on any atom is 0.339 e. The third kappa shape index (κ3) is 3.08. The van der Waals surface area contributed by atoms with Crippen LogP contribution in [0.4, 0.5) is 10.5 Å². The Morgan fingerprint density at radius 3 is 2.89 bits per heavy atom. The summed E-state index contributed by atoms with van der Waals surface area (Å²) in [6.07, 6.45) is 4.11. The minimum Gasteiger partial charge on any atom is -0.465 e. The highest BCUT2D eigenvalue weighted by Crippen LogP contribution is 2.43. The van der Waals surface area contributed by atoms with Crippen molar-refractivity contribution >= 4 is 29.3 Å². The van der Waals surface area contributed by atoms with Crippen LogP contribution in [0.15, 0.2) is 35.3 Å². The number of hydrogen-bond donors (Lipinski definition) is 2. The van der Waals surface area contributed by atoms with Crippen molar-refractivity contribution in [3.05, 3.63) is 62.5 Å². The molecule has 1 saturated heterocycles. The number of aromatic amines is 1. The number of fused-ring (bicyclic) bond motifs is 4. The number of hydrogen-bond acceptors (Lipinski definition) is 4. The molecule has 1 aromatic carbocycles. The Labute approximate surface area is 160 Å². The fraction of sp³-hybridized carbons (Fsp3) is 0.316. The van der Waals surface area contributed by atoms with Crippen LogP contribution in [0.5, 0.6) is 0 Å². The zero-order chi connectivity index (χ0) is 19.1. The molecule has 1 aromatic heterocycles. The summed E-state index contributed by atoms with van der Waals surface area (Å²) in [6.45, 7) is 0. The highest BCUT2D eigenvalue weighted by Gasteiger charge is 2.42. The second-order valence-corrected chi connectivity index (χ2v) is 7.16. The summed E-state index contributed by atoms with van der Waals surface area (Å²) < 4.78 is 4.71. The van der Waals surface area contributed by atoms with E-state index in [0.29, 0.717) is 12.1 Å². The standard InChI is InChI=1S/C19H18ClN3O4/c1-27-18(25)13-8-11(2-4-15(13)20)22-19(26)23-12-3-5-16(23)14-9-21-17(24)7-10(14)6-12/h2,4,7-9,12,16H,3,5-6H2,1H3,(H,21,24)(H,22,26). The summed E-state index contributed by atoms with van der Waals surface area (Å²) in [5.41, 5.74) is 2.54. The molecule has 2 aliphatic heterocycles. The van der Waals surface area contributed by atoms with Gasteiger partial charge in [0, 0.05) is 24.0 Å². The molecule has 3 heterocycles.